The van der Waals surface area contributed by atoms with E-state index in [2.05, 4.69) is 18.8 Å². The Morgan fingerprint density at radius 1 is 1.42 bits per heavy atom. The number of rotatable bonds is 2. The number of pyridine rings is 1. The van der Waals surface area contributed by atoms with Crippen molar-refractivity contribution in [1.82, 2.24) is 9.88 Å². The highest BCUT2D eigenvalue weighted by atomic mass is 19.4. The van der Waals surface area contributed by atoms with E-state index in [9.17, 15) is 18.0 Å². The highest BCUT2D eigenvalue weighted by molar-refractivity contribution is 5.94. The van der Waals surface area contributed by atoms with Crippen LogP contribution in [0.4, 0.5) is 13.2 Å². The summed E-state index contributed by atoms with van der Waals surface area (Å²) in [6, 6.07) is 2.02. The first-order valence-electron chi connectivity index (χ1n) is 6.08. The fourth-order valence-corrected chi connectivity index (χ4v) is 2.11. The third kappa shape index (κ3) is 2.72. The molecule has 0 radical (unpaired) electrons. The number of hydrogen-bond donors (Lipinski definition) is 0. The molecule has 1 fully saturated rings. The van der Waals surface area contributed by atoms with Gasteiger partial charge in [0.15, 0.2) is 0 Å². The summed E-state index contributed by atoms with van der Waals surface area (Å²) >= 11 is 0. The summed E-state index contributed by atoms with van der Waals surface area (Å²) in [4.78, 5) is 16.9. The van der Waals surface area contributed by atoms with E-state index >= 15 is 0 Å². The van der Waals surface area contributed by atoms with E-state index < -0.39 is 11.9 Å². The fourth-order valence-electron chi connectivity index (χ4n) is 2.11. The highest BCUT2D eigenvalue weighted by Crippen LogP contribution is 2.34. The number of hydrogen-bond acceptors (Lipinski definition) is 2. The number of halogens is 3. The minimum atomic E-state index is -4.47. The molecular weight excluding hydrogens is 257 g/mol. The molecule has 0 aromatic carbocycles. The monoisotopic (exact) mass is 272 g/mol. The Labute approximate surface area is 109 Å². The van der Waals surface area contributed by atoms with E-state index in [1.54, 1.807) is 4.90 Å². The van der Waals surface area contributed by atoms with Crippen LogP contribution in [0.3, 0.4) is 0 Å². The van der Waals surface area contributed by atoms with E-state index in [1.807, 2.05) is 0 Å². The first-order valence-corrected chi connectivity index (χ1v) is 6.08. The molecule has 0 saturated carbocycles. The Balaban J connectivity index is 2.06. The largest absolute Gasteiger partial charge is 0.433 e. The molecule has 1 amide bonds. The van der Waals surface area contributed by atoms with Gasteiger partial charge >= 0.3 is 6.18 Å². The van der Waals surface area contributed by atoms with Crippen LogP contribution in [0, 0.1) is 5.41 Å². The molecule has 0 unspecified atom stereocenters. The maximum atomic E-state index is 12.3. The summed E-state index contributed by atoms with van der Waals surface area (Å²) in [5.74, 6) is -0.257. The lowest BCUT2D eigenvalue weighted by Crippen LogP contribution is -2.56. The van der Waals surface area contributed by atoms with Gasteiger partial charge in [-0.25, -0.2) is 0 Å². The molecule has 0 N–H and O–H groups in total. The van der Waals surface area contributed by atoms with Crippen molar-refractivity contribution in [3.63, 3.8) is 0 Å². The van der Waals surface area contributed by atoms with E-state index in [4.69, 9.17) is 0 Å². The summed E-state index contributed by atoms with van der Waals surface area (Å²) in [5.41, 5.74) is -0.646. The lowest BCUT2D eigenvalue weighted by molar-refractivity contribution is -0.141. The first kappa shape index (κ1) is 13.8. The molecule has 2 rings (SSSR count). The second kappa shape index (κ2) is 4.51. The lowest BCUT2D eigenvalue weighted by Gasteiger charge is -2.47. The van der Waals surface area contributed by atoms with Gasteiger partial charge in [-0.2, -0.15) is 13.2 Å². The van der Waals surface area contributed by atoms with Crippen LogP contribution in [0.1, 0.15) is 36.3 Å². The average molecular weight is 272 g/mol. The molecule has 0 aliphatic carbocycles. The number of amides is 1. The molecule has 0 spiro atoms. The van der Waals surface area contributed by atoms with Gasteiger partial charge in [-0.3, -0.25) is 9.78 Å². The van der Waals surface area contributed by atoms with Crippen LogP contribution in [0.2, 0.25) is 0 Å². The molecule has 2 heterocycles. The van der Waals surface area contributed by atoms with Crippen molar-refractivity contribution < 1.29 is 18.0 Å². The fraction of sp³-hybridized carbons (Fsp3) is 0.538. The second-order valence-electron chi connectivity index (χ2n) is 5.26. The molecule has 6 heteroatoms. The Bertz CT molecular complexity index is 476. The van der Waals surface area contributed by atoms with Crippen molar-refractivity contribution in [3.05, 3.63) is 29.6 Å². The molecule has 0 atom stereocenters. The molecule has 1 aliphatic heterocycles. The van der Waals surface area contributed by atoms with Crippen LogP contribution in [0.15, 0.2) is 18.3 Å². The molecule has 1 aliphatic rings. The van der Waals surface area contributed by atoms with Crippen LogP contribution in [0.5, 0.6) is 0 Å². The SMILES string of the molecule is CCC1(C)CN(C(=O)c2ccc(C(F)(F)F)nc2)C1. The number of alkyl halides is 3. The van der Waals surface area contributed by atoms with Gasteiger partial charge in [0.05, 0.1) is 5.56 Å². The summed E-state index contributed by atoms with van der Waals surface area (Å²) in [6.45, 7) is 5.43. The highest BCUT2D eigenvalue weighted by Gasteiger charge is 2.40. The van der Waals surface area contributed by atoms with Crippen molar-refractivity contribution in [2.75, 3.05) is 13.1 Å². The van der Waals surface area contributed by atoms with Gasteiger partial charge < -0.3 is 4.90 Å². The third-order valence-electron chi connectivity index (χ3n) is 3.59. The zero-order valence-electron chi connectivity index (χ0n) is 10.8. The molecule has 3 nitrogen and oxygen atoms in total. The summed E-state index contributed by atoms with van der Waals surface area (Å²) in [7, 11) is 0. The number of carbonyl (C=O) groups is 1. The standard InChI is InChI=1S/C13H15F3N2O/c1-3-12(2)7-18(8-12)11(19)9-4-5-10(17-6-9)13(14,15)16/h4-6H,3,7-8H2,1-2H3. The van der Waals surface area contributed by atoms with E-state index in [-0.39, 0.29) is 16.9 Å². The lowest BCUT2D eigenvalue weighted by atomic mass is 9.79. The Kier molecular flexibility index (Phi) is 3.28. The number of carbonyl (C=O) groups excluding carboxylic acids is 1. The summed E-state index contributed by atoms with van der Waals surface area (Å²) < 4.78 is 37.0. The summed E-state index contributed by atoms with van der Waals surface area (Å²) in [5, 5.41) is 0. The number of aromatic nitrogens is 1. The van der Waals surface area contributed by atoms with E-state index in [0.29, 0.717) is 13.1 Å². The van der Waals surface area contributed by atoms with Gasteiger partial charge in [-0.05, 0) is 18.6 Å². The number of nitrogens with zero attached hydrogens (tertiary/aromatic N) is 2. The molecule has 104 valence electrons. The van der Waals surface area contributed by atoms with Crippen LogP contribution < -0.4 is 0 Å². The van der Waals surface area contributed by atoms with Crippen LogP contribution >= 0.6 is 0 Å². The molecule has 1 saturated heterocycles. The normalized spacial score (nSPS) is 18.1. The van der Waals surface area contributed by atoms with Gasteiger partial charge in [0.25, 0.3) is 5.91 Å². The zero-order valence-corrected chi connectivity index (χ0v) is 10.8. The second-order valence-corrected chi connectivity index (χ2v) is 5.26. The quantitative estimate of drug-likeness (QED) is 0.829. The van der Waals surface area contributed by atoms with E-state index in [1.165, 1.54) is 6.07 Å². The third-order valence-corrected chi connectivity index (χ3v) is 3.59. The predicted octanol–water partition coefficient (Wildman–Crippen LogP) is 2.97. The maximum absolute atomic E-state index is 12.3. The van der Waals surface area contributed by atoms with Crippen LogP contribution in [-0.2, 0) is 6.18 Å². The minimum Gasteiger partial charge on any atom is -0.337 e. The van der Waals surface area contributed by atoms with E-state index in [0.717, 1.165) is 18.7 Å². The predicted molar refractivity (Wildman–Crippen MR) is 63.5 cm³/mol. The molecule has 1 aromatic heterocycles. The smallest absolute Gasteiger partial charge is 0.337 e. The summed E-state index contributed by atoms with van der Waals surface area (Å²) in [6.07, 6.45) is -2.51. The molecular formula is C13H15F3N2O. The minimum absolute atomic E-state index is 0.134. The van der Waals surface area contributed by atoms with Gasteiger partial charge in [0.2, 0.25) is 0 Å². The number of likely N-dealkylation sites (tertiary alicyclic amines) is 1. The Morgan fingerprint density at radius 2 is 2.05 bits per heavy atom. The molecule has 1 aromatic rings. The van der Waals surface area contributed by atoms with Crippen LogP contribution in [-0.4, -0.2) is 28.9 Å². The van der Waals surface area contributed by atoms with Crippen molar-refractivity contribution >= 4 is 5.91 Å². The van der Waals surface area contributed by atoms with Gasteiger partial charge in [0.1, 0.15) is 5.69 Å². The van der Waals surface area contributed by atoms with Gasteiger partial charge in [-0.15, -0.1) is 0 Å². The Hall–Kier alpha value is -1.59. The van der Waals surface area contributed by atoms with Crippen molar-refractivity contribution in [2.45, 2.75) is 26.4 Å². The Morgan fingerprint density at radius 3 is 2.47 bits per heavy atom. The van der Waals surface area contributed by atoms with Gasteiger partial charge in [-0.1, -0.05) is 13.8 Å². The molecule has 0 bridgehead atoms. The topological polar surface area (TPSA) is 33.2 Å². The van der Waals surface area contributed by atoms with Crippen molar-refractivity contribution in [3.8, 4) is 0 Å². The first-order chi connectivity index (χ1) is 8.75. The molecule has 19 heavy (non-hydrogen) atoms. The zero-order chi connectivity index (χ0) is 14.3. The maximum Gasteiger partial charge on any atom is 0.433 e. The van der Waals surface area contributed by atoms with Crippen molar-refractivity contribution in [2.24, 2.45) is 5.41 Å². The van der Waals surface area contributed by atoms with Gasteiger partial charge in [0, 0.05) is 24.7 Å². The van der Waals surface area contributed by atoms with Crippen LogP contribution in [0.25, 0.3) is 0 Å². The van der Waals surface area contributed by atoms with Crippen molar-refractivity contribution in [1.29, 1.82) is 0 Å². The average Bonchev–Trinajstić information content (AvgIpc) is 2.33.